The Kier molecular flexibility index (Phi) is 4.17. The highest BCUT2D eigenvalue weighted by Gasteiger charge is 2.26. The minimum Gasteiger partial charge on any atom is -0.507 e. The summed E-state index contributed by atoms with van der Waals surface area (Å²) in [6.07, 6.45) is -1.32. The van der Waals surface area contributed by atoms with Crippen molar-refractivity contribution in [2.75, 3.05) is 0 Å². The SMILES string of the molecule is CC(=O)c1cc2oc(-c3ccc(F)cc3)c(C(=O)OC(N)=O)c2cc1O. The molecule has 0 radical (unpaired) electrons. The number of phenols is 1. The molecule has 26 heavy (non-hydrogen) atoms. The number of fused-ring (bicyclic) bond motifs is 1. The summed E-state index contributed by atoms with van der Waals surface area (Å²) in [6.45, 7) is 1.26. The number of ether oxygens (including phenoxy) is 1. The van der Waals surface area contributed by atoms with Gasteiger partial charge in [0.1, 0.15) is 28.5 Å². The van der Waals surface area contributed by atoms with Crippen molar-refractivity contribution in [2.24, 2.45) is 5.73 Å². The Morgan fingerprint density at radius 2 is 1.81 bits per heavy atom. The number of Topliss-reactive ketones (excluding diaryl/α,β-unsaturated/α-hetero) is 1. The summed E-state index contributed by atoms with van der Waals surface area (Å²) in [7, 11) is 0. The van der Waals surface area contributed by atoms with Crippen LogP contribution in [0.25, 0.3) is 22.3 Å². The second kappa shape index (κ2) is 6.32. The average Bonchev–Trinajstić information content (AvgIpc) is 2.92. The van der Waals surface area contributed by atoms with E-state index in [4.69, 9.17) is 10.2 Å². The average molecular weight is 357 g/mol. The first kappa shape index (κ1) is 17.2. The van der Waals surface area contributed by atoms with Crippen LogP contribution in [0.15, 0.2) is 40.8 Å². The summed E-state index contributed by atoms with van der Waals surface area (Å²) in [5.41, 5.74) is 5.12. The van der Waals surface area contributed by atoms with Gasteiger partial charge in [0.25, 0.3) is 0 Å². The molecule has 0 bridgehead atoms. The highest BCUT2D eigenvalue weighted by molar-refractivity contribution is 6.12. The van der Waals surface area contributed by atoms with Crippen LogP contribution in [0.3, 0.4) is 0 Å². The Morgan fingerprint density at radius 3 is 2.38 bits per heavy atom. The number of furan rings is 1. The van der Waals surface area contributed by atoms with Crippen molar-refractivity contribution in [3.8, 4) is 17.1 Å². The molecule has 132 valence electrons. The number of esters is 1. The molecule has 1 aromatic heterocycles. The molecule has 3 rings (SSSR count). The van der Waals surface area contributed by atoms with E-state index in [1.54, 1.807) is 0 Å². The molecule has 0 aliphatic rings. The number of hydrogen-bond acceptors (Lipinski definition) is 6. The standard InChI is InChI=1S/C18H12FNO6/c1-8(21)11-7-14-12(6-13(11)22)15(17(23)26-18(20)24)16(25-14)9-2-4-10(19)5-3-9/h2-7,22H,1H3,(H2,20,24). The lowest BCUT2D eigenvalue weighted by Crippen LogP contribution is -2.18. The Hall–Kier alpha value is -3.68. The minimum atomic E-state index is -1.32. The van der Waals surface area contributed by atoms with Crippen molar-refractivity contribution < 1.29 is 33.0 Å². The van der Waals surface area contributed by atoms with Gasteiger partial charge in [0.15, 0.2) is 5.78 Å². The fourth-order valence-corrected chi connectivity index (χ4v) is 2.56. The third-order valence-corrected chi connectivity index (χ3v) is 3.69. The molecule has 0 saturated heterocycles. The highest BCUT2D eigenvalue weighted by Crippen LogP contribution is 2.37. The van der Waals surface area contributed by atoms with Gasteiger partial charge in [-0.3, -0.25) is 4.79 Å². The van der Waals surface area contributed by atoms with Gasteiger partial charge in [-0.2, -0.15) is 0 Å². The lowest BCUT2D eigenvalue weighted by molar-refractivity contribution is 0.0640. The normalized spacial score (nSPS) is 10.7. The number of hydrogen-bond donors (Lipinski definition) is 2. The molecule has 8 heteroatoms. The van der Waals surface area contributed by atoms with Crippen LogP contribution in [0.2, 0.25) is 0 Å². The molecule has 0 aliphatic heterocycles. The lowest BCUT2D eigenvalue weighted by atomic mass is 10.0. The summed E-state index contributed by atoms with van der Waals surface area (Å²) >= 11 is 0. The zero-order chi connectivity index (χ0) is 19.0. The number of aromatic hydroxyl groups is 1. The molecule has 3 aromatic rings. The van der Waals surface area contributed by atoms with E-state index in [9.17, 15) is 23.9 Å². The largest absolute Gasteiger partial charge is 0.507 e. The number of phenolic OH excluding ortho intramolecular Hbond substituents is 1. The van der Waals surface area contributed by atoms with Crippen LogP contribution in [0.4, 0.5) is 9.18 Å². The van der Waals surface area contributed by atoms with E-state index in [1.165, 1.54) is 25.1 Å². The highest BCUT2D eigenvalue weighted by atomic mass is 19.1. The first-order valence-electron chi connectivity index (χ1n) is 7.36. The van der Waals surface area contributed by atoms with E-state index in [1.807, 2.05) is 0 Å². The van der Waals surface area contributed by atoms with Crippen molar-refractivity contribution in [2.45, 2.75) is 6.92 Å². The van der Waals surface area contributed by atoms with Gasteiger partial charge in [-0.1, -0.05) is 0 Å². The number of carbonyl (C=O) groups is 3. The molecule has 0 atom stereocenters. The number of primary amides is 1. The monoisotopic (exact) mass is 357 g/mol. The Balaban J connectivity index is 2.30. The molecule has 7 nitrogen and oxygen atoms in total. The molecule has 0 fully saturated rings. The van der Waals surface area contributed by atoms with Crippen LogP contribution in [-0.2, 0) is 4.74 Å². The van der Waals surface area contributed by atoms with E-state index in [0.29, 0.717) is 5.56 Å². The fraction of sp³-hybridized carbons (Fsp3) is 0.0556. The maximum Gasteiger partial charge on any atom is 0.412 e. The summed E-state index contributed by atoms with van der Waals surface area (Å²) in [4.78, 5) is 34.9. The van der Waals surface area contributed by atoms with E-state index < -0.39 is 23.7 Å². The van der Waals surface area contributed by atoms with Gasteiger partial charge in [0, 0.05) is 10.9 Å². The van der Waals surface area contributed by atoms with E-state index in [2.05, 4.69) is 4.74 Å². The second-order valence-electron chi connectivity index (χ2n) is 5.44. The Bertz CT molecular complexity index is 1050. The molecule has 0 spiro atoms. The molecule has 1 heterocycles. The molecule has 3 N–H and O–H groups in total. The number of halogens is 1. The van der Waals surface area contributed by atoms with Crippen LogP contribution in [0.5, 0.6) is 5.75 Å². The zero-order valence-electron chi connectivity index (χ0n) is 13.4. The number of amides is 1. The van der Waals surface area contributed by atoms with Crippen LogP contribution in [0.1, 0.15) is 27.6 Å². The van der Waals surface area contributed by atoms with Gasteiger partial charge in [0.2, 0.25) is 0 Å². The van der Waals surface area contributed by atoms with Crippen molar-refractivity contribution in [1.29, 1.82) is 0 Å². The smallest absolute Gasteiger partial charge is 0.412 e. The van der Waals surface area contributed by atoms with Crippen LogP contribution >= 0.6 is 0 Å². The first-order chi connectivity index (χ1) is 12.3. The summed E-state index contributed by atoms with van der Waals surface area (Å²) in [5.74, 6) is -2.41. The van der Waals surface area contributed by atoms with Gasteiger partial charge in [-0.15, -0.1) is 0 Å². The van der Waals surface area contributed by atoms with Gasteiger partial charge in [-0.05, 0) is 43.3 Å². The lowest BCUT2D eigenvalue weighted by Gasteiger charge is -2.03. The Morgan fingerprint density at radius 1 is 1.15 bits per heavy atom. The molecule has 0 unspecified atom stereocenters. The predicted molar refractivity (Wildman–Crippen MR) is 88.3 cm³/mol. The maximum absolute atomic E-state index is 13.2. The summed E-state index contributed by atoms with van der Waals surface area (Å²) in [6, 6.07) is 7.45. The van der Waals surface area contributed by atoms with Gasteiger partial charge in [0.05, 0.1) is 5.56 Å². The van der Waals surface area contributed by atoms with Gasteiger partial charge in [-0.25, -0.2) is 14.0 Å². The van der Waals surface area contributed by atoms with Crippen molar-refractivity contribution in [3.05, 3.63) is 53.3 Å². The van der Waals surface area contributed by atoms with Crippen molar-refractivity contribution >= 4 is 28.8 Å². The van der Waals surface area contributed by atoms with E-state index in [-0.39, 0.29) is 33.6 Å². The molecular weight excluding hydrogens is 345 g/mol. The topological polar surface area (TPSA) is 120 Å². The molecule has 2 aromatic carbocycles. The van der Waals surface area contributed by atoms with Crippen LogP contribution in [-0.4, -0.2) is 23.0 Å². The Labute approximate surface area is 145 Å². The molecule has 1 amide bonds. The molecule has 0 aliphatic carbocycles. The molecule has 0 saturated carbocycles. The van der Waals surface area contributed by atoms with Crippen LogP contribution < -0.4 is 5.73 Å². The number of benzene rings is 2. The second-order valence-corrected chi connectivity index (χ2v) is 5.44. The van der Waals surface area contributed by atoms with Crippen molar-refractivity contribution in [3.63, 3.8) is 0 Å². The number of carbonyl (C=O) groups excluding carboxylic acids is 3. The first-order valence-corrected chi connectivity index (χ1v) is 7.36. The quantitative estimate of drug-likeness (QED) is 0.421. The third kappa shape index (κ3) is 3.00. The summed E-state index contributed by atoms with van der Waals surface area (Å²) in [5, 5.41) is 10.1. The van der Waals surface area contributed by atoms with Gasteiger partial charge >= 0.3 is 12.1 Å². The number of rotatable bonds is 3. The zero-order valence-corrected chi connectivity index (χ0v) is 13.4. The van der Waals surface area contributed by atoms with Crippen molar-refractivity contribution in [1.82, 2.24) is 0 Å². The maximum atomic E-state index is 13.2. The fourth-order valence-electron chi connectivity index (χ4n) is 2.56. The predicted octanol–water partition coefficient (Wildman–Crippen LogP) is 3.38. The third-order valence-electron chi connectivity index (χ3n) is 3.69. The number of ketones is 1. The van der Waals surface area contributed by atoms with Crippen LogP contribution in [0, 0.1) is 5.82 Å². The molecular formula is C18H12FNO6. The minimum absolute atomic E-state index is 0.00766. The van der Waals surface area contributed by atoms with E-state index in [0.717, 1.165) is 18.2 Å². The van der Waals surface area contributed by atoms with E-state index >= 15 is 0 Å². The number of nitrogens with two attached hydrogens (primary N) is 1. The summed E-state index contributed by atoms with van der Waals surface area (Å²) < 4.78 is 23.2. The van der Waals surface area contributed by atoms with Gasteiger partial charge < -0.3 is 20.0 Å².